The van der Waals surface area contributed by atoms with Crippen LogP contribution < -0.4 is 10.5 Å². The van der Waals surface area contributed by atoms with Crippen molar-refractivity contribution in [2.75, 3.05) is 7.11 Å². The van der Waals surface area contributed by atoms with Crippen molar-refractivity contribution in [3.8, 4) is 5.75 Å². The van der Waals surface area contributed by atoms with Gasteiger partial charge in [-0.1, -0.05) is 18.5 Å². The summed E-state index contributed by atoms with van der Waals surface area (Å²) in [5, 5.41) is 9.66. The molecule has 17 heavy (non-hydrogen) atoms. The lowest BCUT2D eigenvalue weighted by Gasteiger charge is -2.24. The highest BCUT2D eigenvalue weighted by Crippen LogP contribution is 2.27. The van der Waals surface area contributed by atoms with Gasteiger partial charge in [0.25, 0.3) is 0 Å². The van der Waals surface area contributed by atoms with Gasteiger partial charge in [0, 0.05) is 11.4 Å². The van der Waals surface area contributed by atoms with Gasteiger partial charge in [0.15, 0.2) is 0 Å². The van der Waals surface area contributed by atoms with E-state index in [1.54, 1.807) is 25.1 Å². The number of nitrogens with two attached hydrogens (primary N) is 1. The van der Waals surface area contributed by atoms with E-state index in [1.165, 1.54) is 7.11 Å². The van der Waals surface area contributed by atoms with Gasteiger partial charge < -0.3 is 15.6 Å². The number of halogens is 1. The minimum Gasteiger partial charge on any atom is -0.496 e. The van der Waals surface area contributed by atoms with Crippen molar-refractivity contribution >= 4 is 17.6 Å². The minimum atomic E-state index is -1.29. The van der Waals surface area contributed by atoms with Crippen LogP contribution in [-0.2, 0) is 11.2 Å². The summed E-state index contributed by atoms with van der Waals surface area (Å²) in [7, 11) is 1.53. The molecule has 5 heteroatoms. The van der Waals surface area contributed by atoms with Crippen LogP contribution in [0.5, 0.6) is 5.75 Å². The van der Waals surface area contributed by atoms with Gasteiger partial charge in [0.05, 0.1) is 7.11 Å². The largest absolute Gasteiger partial charge is 0.496 e. The van der Waals surface area contributed by atoms with E-state index in [-0.39, 0.29) is 6.42 Å². The lowest BCUT2D eigenvalue weighted by molar-refractivity contribution is -0.143. The Kier molecular flexibility index (Phi) is 4.37. The Morgan fingerprint density at radius 2 is 2.24 bits per heavy atom. The molecule has 0 spiro atoms. The van der Waals surface area contributed by atoms with Crippen LogP contribution >= 0.6 is 11.6 Å². The molecule has 0 aliphatic carbocycles. The van der Waals surface area contributed by atoms with Gasteiger partial charge in [-0.2, -0.15) is 0 Å². The lowest BCUT2D eigenvalue weighted by atomic mass is 9.89. The second kappa shape index (κ2) is 5.38. The van der Waals surface area contributed by atoms with E-state index in [0.717, 1.165) is 0 Å². The van der Waals surface area contributed by atoms with Crippen LogP contribution in [0.1, 0.15) is 18.9 Å². The fraction of sp³-hybridized carbons (Fsp3) is 0.417. The average molecular weight is 258 g/mol. The van der Waals surface area contributed by atoms with E-state index >= 15 is 0 Å². The summed E-state index contributed by atoms with van der Waals surface area (Å²) in [6.07, 6.45) is 0.514. The molecule has 1 atom stereocenters. The molecule has 1 rings (SSSR count). The summed E-state index contributed by atoms with van der Waals surface area (Å²) >= 11 is 5.88. The van der Waals surface area contributed by atoms with Gasteiger partial charge in [-0.15, -0.1) is 0 Å². The Balaban J connectivity index is 3.08. The number of aliphatic carboxylic acids is 1. The van der Waals surface area contributed by atoms with Gasteiger partial charge in [-0.05, 0) is 30.2 Å². The van der Waals surface area contributed by atoms with Crippen molar-refractivity contribution in [2.45, 2.75) is 25.3 Å². The van der Waals surface area contributed by atoms with E-state index in [2.05, 4.69) is 0 Å². The molecule has 0 saturated carbocycles. The van der Waals surface area contributed by atoms with E-state index in [0.29, 0.717) is 22.8 Å². The first kappa shape index (κ1) is 13.8. The quantitative estimate of drug-likeness (QED) is 0.847. The maximum Gasteiger partial charge on any atom is 0.324 e. The second-order valence-corrected chi connectivity index (χ2v) is 4.38. The minimum absolute atomic E-state index is 0.183. The number of rotatable bonds is 5. The van der Waals surface area contributed by atoms with Gasteiger partial charge >= 0.3 is 5.97 Å². The molecule has 0 saturated heterocycles. The number of hydrogen-bond donors (Lipinski definition) is 2. The first-order valence-electron chi connectivity index (χ1n) is 5.27. The first-order chi connectivity index (χ1) is 7.92. The zero-order chi connectivity index (χ0) is 13.1. The van der Waals surface area contributed by atoms with Crippen molar-refractivity contribution in [1.82, 2.24) is 0 Å². The maximum absolute atomic E-state index is 11.1. The van der Waals surface area contributed by atoms with Crippen LogP contribution in [0.25, 0.3) is 0 Å². The molecule has 0 heterocycles. The summed E-state index contributed by atoms with van der Waals surface area (Å²) in [5.41, 5.74) is 5.25. The van der Waals surface area contributed by atoms with Crippen molar-refractivity contribution in [3.63, 3.8) is 0 Å². The smallest absolute Gasteiger partial charge is 0.324 e. The molecule has 0 aliphatic heterocycles. The van der Waals surface area contributed by atoms with E-state index in [1.807, 2.05) is 0 Å². The summed E-state index contributed by atoms with van der Waals surface area (Å²) < 4.78 is 5.16. The van der Waals surface area contributed by atoms with Crippen molar-refractivity contribution in [1.29, 1.82) is 0 Å². The zero-order valence-electron chi connectivity index (χ0n) is 9.87. The molecule has 0 aromatic heterocycles. The third-order valence-electron chi connectivity index (χ3n) is 2.81. The Morgan fingerprint density at radius 1 is 1.59 bits per heavy atom. The number of methoxy groups -OCH3 is 1. The normalized spacial score (nSPS) is 14.1. The summed E-state index contributed by atoms with van der Waals surface area (Å²) in [5.74, 6) is -0.430. The maximum atomic E-state index is 11.1. The molecule has 0 bridgehead atoms. The summed E-state index contributed by atoms with van der Waals surface area (Å²) in [6, 6.07) is 5.07. The fourth-order valence-electron chi connectivity index (χ4n) is 1.58. The van der Waals surface area contributed by atoms with Gasteiger partial charge in [0.1, 0.15) is 11.3 Å². The fourth-order valence-corrected chi connectivity index (χ4v) is 1.77. The molecular formula is C12H16ClNO3. The molecule has 94 valence electrons. The number of carboxylic acids is 1. The number of hydrogen-bond acceptors (Lipinski definition) is 3. The van der Waals surface area contributed by atoms with Crippen molar-refractivity contribution in [3.05, 3.63) is 28.8 Å². The lowest BCUT2D eigenvalue weighted by Crippen LogP contribution is -2.49. The topological polar surface area (TPSA) is 72.5 Å². The summed E-state index contributed by atoms with van der Waals surface area (Å²) in [4.78, 5) is 11.1. The molecule has 0 aliphatic rings. The van der Waals surface area contributed by atoms with E-state index in [4.69, 9.17) is 27.2 Å². The summed E-state index contributed by atoms with van der Waals surface area (Å²) in [6.45, 7) is 1.74. The highest BCUT2D eigenvalue weighted by atomic mass is 35.5. The number of carbonyl (C=O) groups is 1. The molecule has 3 N–H and O–H groups in total. The van der Waals surface area contributed by atoms with Crippen molar-refractivity contribution < 1.29 is 14.6 Å². The molecular weight excluding hydrogens is 242 g/mol. The molecule has 0 fully saturated rings. The van der Waals surface area contributed by atoms with Crippen LogP contribution in [-0.4, -0.2) is 23.7 Å². The van der Waals surface area contributed by atoms with Crippen LogP contribution in [0.15, 0.2) is 18.2 Å². The highest BCUT2D eigenvalue weighted by Gasteiger charge is 2.33. The van der Waals surface area contributed by atoms with Crippen LogP contribution in [0.4, 0.5) is 0 Å². The SMILES string of the molecule is CC[C@](N)(Cc1cc(Cl)ccc1OC)C(=O)O. The Morgan fingerprint density at radius 3 is 2.71 bits per heavy atom. The van der Waals surface area contributed by atoms with Crippen LogP contribution in [0.2, 0.25) is 5.02 Å². The monoisotopic (exact) mass is 257 g/mol. The molecule has 0 radical (unpaired) electrons. The van der Waals surface area contributed by atoms with E-state index in [9.17, 15) is 4.79 Å². The van der Waals surface area contributed by atoms with E-state index < -0.39 is 11.5 Å². The second-order valence-electron chi connectivity index (χ2n) is 3.95. The van der Waals surface area contributed by atoms with Crippen LogP contribution in [0.3, 0.4) is 0 Å². The van der Waals surface area contributed by atoms with Gasteiger partial charge in [0.2, 0.25) is 0 Å². The van der Waals surface area contributed by atoms with Gasteiger partial charge in [-0.25, -0.2) is 0 Å². The van der Waals surface area contributed by atoms with Crippen LogP contribution in [0, 0.1) is 0 Å². The third-order valence-corrected chi connectivity index (χ3v) is 3.04. The first-order valence-corrected chi connectivity index (χ1v) is 5.65. The Hall–Kier alpha value is -1.26. The third kappa shape index (κ3) is 3.11. The Labute approximate surface area is 105 Å². The van der Waals surface area contributed by atoms with Crippen molar-refractivity contribution in [2.24, 2.45) is 5.73 Å². The predicted molar refractivity (Wildman–Crippen MR) is 66.6 cm³/mol. The molecule has 1 aromatic carbocycles. The average Bonchev–Trinajstić information content (AvgIpc) is 2.29. The molecule has 0 unspecified atom stereocenters. The molecule has 4 nitrogen and oxygen atoms in total. The standard InChI is InChI=1S/C12H16ClNO3/c1-3-12(14,11(15)16)7-8-6-9(13)4-5-10(8)17-2/h4-6H,3,7,14H2,1-2H3,(H,15,16)/t12-/m0/s1. The molecule has 0 amide bonds. The number of benzene rings is 1. The number of carboxylic acid groups (broad SMARTS) is 1. The highest BCUT2D eigenvalue weighted by molar-refractivity contribution is 6.30. The Bertz CT molecular complexity index is 422. The number of ether oxygens (including phenoxy) is 1. The molecule has 1 aromatic rings. The zero-order valence-corrected chi connectivity index (χ0v) is 10.6. The van der Waals surface area contributed by atoms with Gasteiger partial charge in [-0.3, -0.25) is 4.79 Å². The predicted octanol–water partition coefficient (Wildman–Crippen LogP) is 2.08.